The Morgan fingerprint density at radius 2 is 2.33 bits per heavy atom. The van der Waals surface area contributed by atoms with Crippen molar-refractivity contribution in [3.8, 4) is 0 Å². The SMILES string of the molecule is COC(=O)/C=C/Nc1ccc(Cl)c(Br)c1. The standard InChI is InChI=1S/C10H9BrClNO2/c1-15-10(14)4-5-13-7-2-3-9(12)8(11)6-7/h2-6,13H,1H3/b5-4+. The number of carbonyl (C=O) groups excluding carboxylic acids is 1. The monoisotopic (exact) mass is 289 g/mol. The van der Waals surface area contributed by atoms with Crippen LogP contribution in [-0.4, -0.2) is 13.1 Å². The van der Waals surface area contributed by atoms with Crippen LogP contribution < -0.4 is 5.32 Å². The Balaban J connectivity index is 2.62. The minimum Gasteiger partial charge on any atom is -0.466 e. The van der Waals surface area contributed by atoms with Crippen LogP contribution in [0.5, 0.6) is 0 Å². The Hall–Kier alpha value is -1.000. The van der Waals surface area contributed by atoms with E-state index < -0.39 is 5.97 Å². The highest BCUT2D eigenvalue weighted by atomic mass is 79.9. The lowest BCUT2D eigenvalue weighted by molar-refractivity contribution is -0.134. The van der Waals surface area contributed by atoms with E-state index in [9.17, 15) is 4.79 Å². The number of methoxy groups -OCH3 is 1. The van der Waals surface area contributed by atoms with Crippen LogP contribution in [0.1, 0.15) is 0 Å². The Morgan fingerprint density at radius 1 is 1.60 bits per heavy atom. The number of carbonyl (C=O) groups is 1. The fourth-order valence-electron chi connectivity index (χ4n) is 0.860. The van der Waals surface area contributed by atoms with Crippen LogP contribution in [0, 0.1) is 0 Å². The van der Waals surface area contributed by atoms with Gasteiger partial charge in [-0.05, 0) is 34.1 Å². The third-order valence-electron chi connectivity index (χ3n) is 1.59. The van der Waals surface area contributed by atoms with Gasteiger partial charge in [-0.3, -0.25) is 0 Å². The molecule has 1 aromatic carbocycles. The molecule has 0 aromatic heterocycles. The average Bonchev–Trinajstić information content (AvgIpc) is 2.23. The van der Waals surface area contributed by atoms with Crippen molar-refractivity contribution < 1.29 is 9.53 Å². The molecule has 0 saturated carbocycles. The van der Waals surface area contributed by atoms with Gasteiger partial charge in [-0.2, -0.15) is 0 Å². The second kappa shape index (κ2) is 5.78. The molecule has 3 nitrogen and oxygen atoms in total. The van der Waals surface area contributed by atoms with Gasteiger partial charge in [-0.1, -0.05) is 11.6 Å². The van der Waals surface area contributed by atoms with Crippen molar-refractivity contribution in [1.29, 1.82) is 0 Å². The fourth-order valence-corrected chi connectivity index (χ4v) is 1.36. The van der Waals surface area contributed by atoms with Crippen LogP contribution >= 0.6 is 27.5 Å². The maximum absolute atomic E-state index is 10.7. The number of nitrogens with one attached hydrogen (secondary N) is 1. The first-order valence-corrected chi connectivity index (χ1v) is 5.26. The molecule has 0 aliphatic heterocycles. The van der Waals surface area contributed by atoms with Gasteiger partial charge in [0.1, 0.15) is 0 Å². The third-order valence-corrected chi connectivity index (χ3v) is 2.80. The first-order valence-electron chi connectivity index (χ1n) is 4.09. The molecule has 0 heterocycles. The second-order valence-electron chi connectivity index (χ2n) is 2.63. The van der Waals surface area contributed by atoms with E-state index in [2.05, 4.69) is 26.0 Å². The maximum atomic E-state index is 10.7. The molecule has 1 rings (SSSR count). The molecule has 0 atom stereocenters. The van der Waals surface area contributed by atoms with Crippen LogP contribution in [0.15, 0.2) is 34.9 Å². The lowest BCUT2D eigenvalue weighted by Crippen LogP contribution is -1.96. The van der Waals surface area contributed by atoms with Crippen molar-refractivity contribution in [3.05, 3.63) is 40.0 Å². The molecule has 5 heteroatoms. The van der Waals surface area contributed by atoms with E-state index in [0.717, 1.165) is 10.2 Å². The number of ether oxygens (including phenoxy) is 1. The highest BCUT2D eigenvalue weighted by Gasteiger charge is 1.97. The van der Waals surface area contributed by atoms with Gasteiger partial charge >= 0.3 is 5.97 Å². The molecular weight excluding hydrogens is 281 g/mol. The van der Waals surface area contributed by atoms with E-state index in [-0.39, 0.29) is 0 Å². The molecule has 0 radical (unpaired) electrons. The van der Waals surface area contributed by atoms with Crippen molar-refractivity contribution in [3.63, 3.8) is 0 Å². The Bertz CT molecular complexity index is 393. The summed E-state index contributed by atoms with van der Waals surface area (Å²) in [6.07, 6.45) is 2.80. The summed E-state index contributed by atoms with van der Waals surface area (Å²) < 4.78 is 5.23. The normalized spacial score (nSPS) is 10.3. The Labute approximate surface area is 101 Å². The summed E-state index contributed by atoms with van der Waals surface area (Å²) in [5.74, 6) is -0.407. The van der Waals surface area contributed by atoms with Crippen molar-refractivity contribution in [2.75, 3.05) is 12.4 Å². The summed E-state index contributed by atoms with van der Waals surface area (Å²) in [7, 11) is 1.32. The topological polar surface area (TPSA) is 38.3 Å². The molecule has 1 aromatic rings. The summed E-state index contributed by atoms with van der Waals surface area (Å²) in [6.45, 7) is 0. The summed E-state index contributed by atoms with van der Waals surface area (Å²) in [4.78, 5) is 10.7. The van der Waals surface area contributed by atoms with Crippen molar-refractivity contribution >= 4 is 39.2 Å². The zero-order valence-electron chi connectivity index (χ0n) is 7.96. The van der Waals surface area contributed by atoms with E-state index >= 15 is 0 Å². The highest BCUT2D eigenvalue weighted by molar-refractivity contribution is 9.10. The molecule has 0 aliphatic rings. The average molecular weight is 291 g/mol. The zero-order valence-corrected chi connectivity index (χ0v) is 10.3. The van der Waals surface area contributed by atoms with Crippen LogP contribution in [0.25, 0.3) is 0 Å². The van der Waals surface area contributed by atoms with Crippen molar-refractivity contribution in [1.82, 2.24) is 0 Å². The van der Waals surface area contributed by atoms with Gasteiger partial charge in [-0.25, -0.2) is 4.79 Å². The molecule has 0 saturated heterocycles. The van der Waals surface area contributed by atoms with Crippen LogP contribution in [0.4, 0.5) is 5.69 Å². The summed E-state index contributed by atoms with van der Waals surface area (Å²) in [6, 6.07) is 5.36. The first-order chi connectivity index (χ1) is 7.13. The minimum absolute atomic E-state index is 0.407. The van der Waals surface area contributed by atoms with Gasteiger partial charge in [0.2, 0.25) is 0 Å². The number of hydrogen-bond donors (Lipinski definition) is 1. The molecule has 0 aliphatic carbocycles. The van der Waals surface area contributed by atoms with Crippen molar-refractivity contribution in [2.45, 2.75) is 0 Å². The third kappa shape index (κ3) is 3.93. The predicted molar refractivity (Wildman–Crippen MR) is 63.9 cm³/mol. The number of anilines is 1. The summed E-state index contributed by atoms with van der Waals surface area (Å²) in [5.41, 5.74) is 0.825. The Morgan fingerprint density at radius 3 is 2.93 bits per heavy atom. The van der Waals surface area contributed by atoms with Crippen molar-refractivity contribution in [2.24, 2.45) is 0 Å². The number of benzene rings is 1. The molecule has 1 N–H and O–H groups in total. The van der Waals surface area contributed by atoms with Gasteiger partial charge in [0.15, 0.2) is 0 Å². The van der Waals surface area contributed by atoms with Gasteiger partial charge in [-0.15, -0.1) is 0 Å². The molecule has 0 spiro atoms. The molecule has 0 unspecified atom stereocenters. The van der Waals surface area contributed by atoms with E-state index in [1.54, 1.807) is 12.1 Å². The predicted octanol–water partition coefficient (Wildman–Crippen LogP) is 3.20. The maximum Gasteiger partial charge on any atom is 0.331 e. The molecule has 80 valence electrons. The Kier molecular flexibility index (Phi) is 4.65. The quantitative estimate of drug-likeness (QED) is 0.686. The largest absolute Gasteiger partial charge is 0.466 e. The molecular formula is C10H9BrClNO2. The smallest absolute Gasteiger partial charge is 0.331 e. The number of hydrogen-bond acceptors (Lipinski definition) is 3. The van der Waals surface area contributed by atoms with E-state index in [0.29, 0.717) is 5.02 Å². The fraction of sp³-hybridized carbons (Fsp3) is 0.100. The van der Waals surface area contributed by atoms with Crippen LogP contribution in [0.2, 0.25) is 5.02 Å². The molecule has 0 fully saturated rings. The number of rotatable bonds is 3. The molecule has 0 amide bonds. The summed E-state index contributed by atoms with van der Waals surface area (Å²) >= 11 is 9.11. The lowest BCUT2D eigenvalue weighted by atomic mass is 10.3. The van der Waals surface area contributed by atoms with Gasteiger partial charge in [0.05, 0.1) is 12.1 Å². The highest BCUT2D eigenvalue weighted by Crippen LogP contribution is 2.25. The van der Waals surface area contributed by atoms with Gasteiger partial charge in [0.25, 0.3) is 0 Å². The van der Waals surface area contributed by atoms with E-state index in [1.165, 1.54) is 19.4 Å². The lowest BCUT2D eigenvalue weighted by Gasteiger charge is -2.02. The molecule has 0 bridgehead atoms. The van der Waals surface area contributed by atoms with Crippen LogP contribution in [-0.2, 0) is 9.53 Å². The van der Waals surface area contributed by atoms with E-state index in [1.807, 2.05) is 6.07 Å². The number of esters is 1. The second-order valence-corrected chi connectivity index (χ2v) is 3.89. The first kappa shape index (κ1) is 12.1. The van der Waals surface area contributed by atoms with E-state index in [4.69, 9.17) is 11.6 Å². The van der Waals surface area contributed by atoms with Crippen LogP contribution in [0.3, 0.4) is 0 Å². The molecule has 15 heavy (non-hydrogen) atoms. The minimum atomic E-state index is -0.407. The van der Waals surface area contributed by atoms with Gasteiger partial charge in [0, 0.05) is 22.4 Å². The summed E-state index contributed by atoms with van der Waals surface area (Å²) in [5, 5.41) is 3.54. The zero-order chi connectivity index (χ0) is 11.3. The van der Waals surface area contributed by atoms with Gasteiger partial charge < -0.3 is 10.1 Å². The number of halogens is 2.